The van der Waals surface area contributed by atoms with Gasteiger partial charge < -0.3 is 5.32 Å². The Morgan fingerprint density at radius 3 is 3.23 bits per heavy atom. The van der Waals surface area contributed by atoms with E-state index >= 15 is 0 Å². The maximum absolute atomic E-state index is 4.44. The van der Waals surface area contributed by atoms with Crippen LogP contribution in [0.2, 0.25) is 0 Å². The summed E-state index contributed by atoms with van der Waals surface area (Å²) in [4.78, 5) is 5.86. The Bertz CT molecular complexity index is 264. The standard InChI is InChI=1S/C10H16N2S/c1-2-9-7-12-10(13-9)5-8-3-4-11-6-8/h7-8,11H,2-6H2,1H3. The highest BCUT2D eigenvalue weighted by molar-refractivity contribution is 7.11. The largest absolute Gasteiger partial charge is 0.316 e. The molecule has 0 aromatic carbocycles. The van der Waals surface area contributed by atoms with E-state index in [1.165, 1.54) is 35.8 Å². The molecule has 1 aromatic heterocycles. The molecular weight excluding hydrogens is 180 g/mol. The highest BCUT2D eigenvalue weighted by Crippen LogP contribution is 2.19. The van der Waals surface area contributed by atoms with Gasteiger partial charge in [0, 0.05) is 17.5 Å². The van der Waals surface area contributed by atoms with E-state index in [0.29, 0.717) is 0 Å². The summed E-state index contributed by atoms with van der Waals surface area (Å²) < 4.78 is 0. The summed E-state index contributed by atoms with van der Waals surface area (Å²) in [6, 6.07) is 0. The lowest BCUT2D eigenvalue weighted by Crippen LogP contribution is -2.10. The molecule has 1 fully saturated rings. The molecule has 1 aliphatic heterocycles. The highest BCUT2D eigenvalue weighted by Gasteiger charge is 2.16. The van der Waals surface area contributed by atoms with Gasteiger partial charge in [-0.2, -0.15) is 0 Å². The van der Waals surface area contributed by atoms with Crippen LogP contribution in [0.1, 0.15) is 23.2 Å². The van der Waals surface area contributed by atoms with Gasteiger partial charge in [0.05, 0.1) is 5.01 Å². The van der Waals surface area contributed by atoms with Gasteiger partial charge in [0.2, 0.25) is 0 Å². The molecule has 2 rings (SSSR count). The van der Waals surface area contributed by atoms with Crippen molar-refractivity contribution in [2.75, 3.05) is 13.1 Å². The smallest absolute Gasteiger partial charge is 0.0930 e. The van der Waals surface area contributed by atoms with Crippen molar-refractivity contribution in [2.45, 2.75) is 26.2 Å². The van der Waals surface area contributed by atoms with Crippen LogP contribution in [0.25, 0.3) is 0 Å². The second kappa shape index (κ2) is 4.20. The van der Waals surface area contributed by atoms with Crippen molar-refractivity contribution in [3.05, 3.63) is 16.1 Å². The number of rotatable bonds is 3. The zero-order chi connectivity index (χ0) is 9.10. The van der Waals surface area contributed by atoms with Crippen LogP contribution in [0.3, 0.4) is 0 Å². The van der Waals surface area contributed by atoms with Crippen molar-refractivity contribution in [1.82, 2.24) is 10.3 Å². The maximum Gasteiger partial charge on any atom is 0.0930 e. The molecule has 3 heteroatoms. The van der Waals surface area contributed by atoms with Crippen molar-refractivity contribution in [1.29, 1.82) is 0 Å². The number of thiazole rings is 1. The van der Waals surface area contributed by atoms with E-state index in [2.05, 4.69) is 17.2 Å². The van der Waals surface area contributed by atoms with Gasteiger partial charge in [-0.1, -0.05) is 6.92 Å². The lowest BCUT2D eigenvalue weighted by molar-refractivity contribution is 0.578. The fourth-order valence-electron chi connectivity index (χ4n) is 1.74. The van der Waals surface area contributed by atoms with Crippen LogP contribution in [0.15, 0.2) is 6.20 Å². The van der Waals surface area contributed by atoms with Crippen LogP contribution in [0, 0.1) is 5.92 Å². The molecule has 0 bridgehead atoms. The lowest BCUT2D eigenvalue weighted by Gasteiger charge is -2.03. The summed E-state index contributed by atoms with van der Waals surface area (Å²) >= 11 is 1.88. The van der Waals surface area contributed by atoms with Gasteiger partial charge in [-0.3, -0.25) is 0 Å². The van der Waals surface area contributed by atoms with Crippen molar-refractivity contribution in [2.24, 2.45) is 5.92 Å². The quantitative estimate of drug-likeness (QED) is 0.798. The molecule has 13 heavy (non-hydrogen) atoms. The summed E-state index contributed by atoms with van der Waals surface area (Å²) in [5.41, 5.74) is 0. The lowest BCUT2D eigenvalue weighted by atomic mass is 10.1. The van der Waals surface area contributed by atoms with Crippen molar-refractivity contribution < 1.29 is 0 Å². The predicted molar refractivity (Wildman–Crippen MR) is 56.2 cm³/mol. The van der Waals surface area contributed by atoms with Crippen molar-refractivity contribution in [3.63, 3.8) is 0 Å². The molecule has 0 saturated carbocycles. The Morgan fingerprint density at radius 2 is 2.62 bits per heavy atom. The first kappa shape index (κ1) is 9.16. The maximum atomic E-state index is 4.44. The Morgan fingerprint density at radius 1 is 1.69 bits per heavy atom. The average molecular weight is 196 g/mol. The van der Waals surface area contributed by atoms with Crippen LogP contribution in [-0.2, 0) is 12.8 Å². The number of aromatic nitrogens is 1. The number of nitrogens with zero attached hydrogens (tertiary/aromatic N) is 1. The molecule has 0 aliphatic carbocycles. The fourth-order valence-corrected chi connectivity index (χ4v) is 2.72. The molecule has 1 unspecified atom stereocenters. The van der Waals surface area contributed by atoms with Crippen LogP contribution < -0.4 is 5.32 Å². The van der Waals surface area contributed by atoms with E-state index in [1.54, 1.807) is 0 Å². The minimum absolute atomic E-state index is 0.829. The predicted octanol–water partition coefficient (Wildman–Crippen LogP) is 1.86. The van der Waals surface area contributed by atoms with E-state index in [-0.39, 0.29) is 0 Å². The molecule has 0 amide bonds. The normalized spacial score (nSPS) is 22.4. The first-order valence-corrected chi connectivity index (χ1v) is 5.84. The zero-order valence-electron chi connectivity index (χ0n) is 8.05. The second-order valence-electron chi connectivity index (χ2n) is 3.64. The van der Waals surface area contributed by atoms with Crippen LogP contribution in [-0.4, -0.2) is 18.1 Å². The summed E-state index contributed by atoms with van der Waals surface area (Å²) in [7, 11) is 0. The van der Waals surface area contributed by atoms with Gasteiger partial charge in [-0.25, -0.2) is 4.98 Å². The minimum atomic E-state index is 0.829. The highest BCUT2D eigenvalue weighted by atomic mass is 32.1. The van der Waals surface area contributed by atoms with Crippen molar-refractivity contribution in [3.8, 4) is 0 Å². The molecule has 1 aliphatic rings. The molecule has 0 radical (unpaired) electrons. The topological polar surface area (TPSA) is 24.9 Å². The molecule has 1 N–H and O–H groups in total. The molecule has 1 saturated heterocycles. The number of aryl methyl sites for hydroxylation is 1. The SMILES string of the molecule is CCc1cnc(CC2CCNC2)s1. The first-order valence-electron chi connectivity index (χ1n) is 5.02. The van der Waals surface area contributed by atoms with Gasteiger partial charge in [0.15, 0.2) is 0 Å². The zero-order valence-corrected chi connectivity index (χ0v) is 8.86. The molecule has 1 aromatic rings. The molecular formula is C10H16N2S. The van der Waals surface area contributed by atoms with E-state index in [9.17, 15) is 0 Å². The Balaban J connectivity index is 1.92. The summed E-state index contributed by atoms with van der Waals surface area (Å²) in [6.07, 6.45) is 5.65. The number of hydrogen-bond donors (Lipinski definition) is 1. The Hall–Kier alpha value is -0.410. The van der Waals surface area contributed by atoms with Crippen LogP contribution >= 0.6 is 11.3 Å². The molecule has 1 atom stereocenters. The third kappa shape index (κ3) is 2.29. The molecule has 2 heterocycles. The van der Waals surface area contributed by atoms with E-state index in [1.807, 2.05) is 17.5 Å². The summed E-state index contributed by atoms with van der Waals surface area (Å²) in [6.45, 7) is 4.56. The fraction of sp³-hybridized carbons (Fsp3) is 0.700. The molecule has 2 nitrogen and oxygen atoms in total. The van der Waals surface area contributed by atoms with Gasteiger partial charge in [0.1, 0.15) is 0 Å². The number of hydrogen-bond acceptors (Lipinski definition) is 3. The second-order valence-corrected chi connectivity index (χ2v) is 4.84. The average Bonchev–Trinajstić information content (AvgIpc) is 2.76. The Kier molecular flexibility index (Phi) is 2.96. The van der Waals surface area contributed by atoms with E-state index < -0.39 is 0 Å². The van der Waals surface area contributed by atoms with Crippen LogP contribution in [0.5, 0.6) is 0 Å². The van der Waals surface area contributed by atoms with Gasteiger partial charge >= 0.3 is 0 Å². The minimum Gasteiger partial charge on any atom is -0.316 e. The summed E-state index contributed by atoms with van der Waals surface area (Å²) in [5, 5.41) is 4.71. The Labute approximate surface area is 83.4 Å². The number of nitrogens with one attached hydrogen (secondary N) is 1. The third-order valence-corrected chi connectivity index (χ3v) is 3.74. The van der Waals surface area contributed by atoms with Gasteiger partial charge in [-0.15, -0.1) is 11.3 Å². The third-order valence-electron chi connectivity index (χ3n) is 2.58. The molecule has 0 spiro atoms. The van der Waals surface area contributed by atoms with Gasteiger partial charge in [0.25, 0.3) is 0 Å². The van der Waals surface area contributed by atoms with Crippen LogP contribution in [0.4, 0.5) is 0 Å². The van der Waals surface area contributed by atoms with E-state index in [0.717, 1.165) is 12.3 Å². The van der Waals surface area contributed by atoms with Gasteiger partial charge in [-0.05, 0) is 31.8 Å². The van der Waals surface area contributed by atoms with Crippen molar-refractivity contribution >= 4 is 11.3 Å². The first-order chi connectivity index (χ1) is 6.38. The molecule has 72 valence electrons. The monoisotopic (exact) mass is 196 g/mol. The van der Waals surface area contributed by atoms with E-state index in [4.69, 9.17) is 0 Å². The summed E-state index contributed by atoms with van der Waals surface area (Å²) in [5.74, 6) is 0.829.